The zero-order chi connectivity index (χ0) is 16.5. The molecule has 23 heavy (non-hydrogen) atoms. The predicted octanol–water partition coefficient (Wildman–Crippen LogP) is 2.16. The van der Waals surface area contributed by atoms with Gasteiger partial charge in [-0.25, -0.2) is 0 Å². The molecular formula is C17H20N4O2. The summed E-state index contributed by atoms with van der Waals surface area (Å²) in [5, 5.41) is 8.67. The molecule has 1 aromatic heterocycles. The fourth-order valence-electron chi connectivity index (χ4n) is 1.98. The minimum atomic E-state index is -0.124. The highest BCUT2D eigenvalue weighted by Gasteiger charge is 2.03. The van der Waals surface area contributed by atoms with E-state index in [9.17, 15) is 9.59 Å². The van der Waals surface area contributed by atoms with E-state index in [0.717, 1.165) is 5.69 Å². The normalized spacial score (nSPS) is 10.1. The molecule has 6 heteroatoms. The van der Waals surface area contributed by atoms with Crippen LogP contribution in [0.25, 0.3) is 0 Å². The van der Waals surface area contributed by atoms with Gasteiger partial charge in [-0.15, -0.1) is 0 Å². The SMILES string of the molecule is CC(=O)Nc1ccc(NC(=O)CCNCc2ccccn2)cc1. The number of carbonyl (C=O) groups excluding carboxylic acids is 2. The second-order valence-electron chi connectivity index (χ2n) is 5.05. The van der Waals surface area contributed by atoms with Crippen molar-refractivity contribution in [2.24, 2.45) is 0 Å². The molecule has 120 valence electrons. The van der Waals surface area contributed by atoms with Gasteiger partial charge in [0.1, 0.15) is 0 Å². The van der Waals surface area contributed by atoms with Crippen LogP contribution in [0, 0.1) is 0 Å². The maximum Gasteiger partial charge on any atom is 0.225 e. The van der Waals surface area contributed by atoms with E-state index >= 15 is 0 Å². The average molecular weight is 312 g/mol. The van der Waals surface area contributed by atoms with Crippen LogP contribution < -0.4 is 16.0 Å². The molecule has 0 saturated heterocycles. The number of hydrogen-bond donors (Lipinski definition) is 3. The molecule has 0 fully saturated rings. The lowest BCUT2D eigenvalue weighted by Gasteiger charge is -2.07. The summed E-state index contributed by atoms with van der Waals surface area (Å²) in [5.41, 5.74) is 2.35. The van der Waals surface area contributed by atoms with E-state index in [1.54, 1.807) is 30.5 Å². The first kappa shape index (κ1) is 16.6. The topological polar surface area (TPSA) is 83.1 Å². The number of nitrogens with one attached hydrogen (secondary N) is 3. The minimum Gasteiger partial charge on any atom is -0.326 e. The third-order valence-electron chi connectivity index (χ3n) is 3.05. The number of anilines is 2. The van der Waals surface area contributed by atoms with Gasteiger partial charge in [-0.3, -0.25) is 14.6 Å². The first-order chi connectivity index (χ1) is 11.1. The molecule has 2 amide bonds. The van der Waals surface area contributed by atoms with E-state index < -0.39 is 0 Å². The lowest BCUT2D eigenvalue weighted by Crippen LogP contribution is -2.21. The van der Waals surface area contributed by atoms with Crippen LogP contribution in [0.15, 0.2) is 48.7 Å². The van der Waals surface area contributed by atoms with E-state index in [4.69, 9.17) is 0 Å². The minimum absolute atomic E-state index is 0.0641. The monoisotopic (exact) mass is 312 g/mol. The number of rotatable bonds is 7. The van der Waals surface area contributed by atoms with E-state index in [1.165, 1.54) is 6.92 Å². The van der Waals surface area contributed by atoms with E-state index in [1.807, 2.05) is 18.2 Å². The number of nitrogens with zero attached hydrogens (tertiary/aromatic N) is 1. The van der Waals surface area contributed by atoms with Crippen LogP contribution >= 0.6 is 0 Å². The summed E-state index contributed by atoms with van der Waals surface area (Å²) < 4.78 is 0. The summed E-state index contributed by atoms with van der Waals surface area (Å²) in [6, 6.07) is 12.7. The number of carbonyl (C=O) groups is 2. The molecular weight excluding hydrogens is 292 g/mol. The third kappa shape index (κ3) is 6.27. The zero-order valence-corrected chi connectivity index (χ0v) is 13.0. The Kier molecular flexibility index (Phi) is 6.26. The van der Waals surface area contributed by atoms with Crippen molar-refractivity contribution in [2.45, 2.75) is 19.9 Å². The molecule has 0 aliphatic carbocycles. The Labute approximate surface area is 135 Å². The molecule has 3 N–H and O–H groups in total. The van der Waals surface area contributed by atoms with Crippen molar-refractivity contribution in [3.8, 4) is 0 Å². The summed E-state index contributed by atoms with van der Waals surface area (Å²) in [6.45, 7) is 2.67. The predicted molar refractivity (Wildman–Crippen MR) is 89.9 cm³/mol. The fraction of sp³-hybridized carbons (Fsp3) is 0.235. The lowest BCUT2D eigenvalue weighted by molar-refractivity contribution is -0.116. The van der Waals surface area contributed by atoms with Gasteiger partial charge in [0.25, 0.3) is 0 Å². The Bertz CT molecular complexity index is 641. The van der Waals surface area contributed by atoms with Gasteiger partial charge in [0.15, 0.2) is 0 Å². The molecule has 0 bridgehead atoms. The van der Waals surface area contributed by atoms with Gasteiger partial charge in [0.05, 0.1) is 5.69 Å². The summed E-state index contributed by atoms with van der Waals surface area (Å²) >= 11 is 0. The average Bonchev–Trinajstić information content (AvgIpc) is 2.54. The van der Waals surface area contributed by atoms with Crippen LogP contribution in [-0.2, 0) is 16.1 Å². The Balaban J connectivity index is 1.69. The molecule has 1 aromatic carbocycles. The van der Waals surface area contributed by atoms with Gasteiger partial charge in [0, 0.05) is 44.0 Å². The Morgan fingerprint density at radius 1 is 1.00 bits per heavy atom. The number of benzene rings is 1. The van der Waals surface area contributed by atoms with Crippen molar-refractivity contribution in [3.05, 3.63) is 54.4 Å². The molecule has 0 aliphatic rings. The van der Waals surface area contributed by atoms with Gasteiger partial charge < -0.3 is 16.0 Å². The zero-order valence-electron chi connectivity index (χ0n) is 13.0. The number of pyridine rings is 1. The van der Waals surface area contributed by atoms with Crippen LogP contribution in [0.5, 0.6) is 0 Å². The molecule has 0 saturated carbocycles. The van der Waals surface area contributed by atoms with Crippen molar-refractivity contribution in [3.63, 3.8) is 0 Å². The first-order valence-corrected chi connectivity index (χ1v) is 7.41. The van der Waals surface area contributed by atoms with Crippen LogP contribution in [0.4, 0.5) is 11.4 Å². The van der Waals surface area contributed by atoms with E-state index in [2.05, 4.69) is 20.9 Å². The summed E-state index contributed by atoms with van der Waals surface area (Å²) in [7, 11) is 0. The van der Waals surface area contributed by atoms with Crippen molar-refractivity contribution in [1.82, 2.24) is 10.3 Å². The van der Waals surface area contributed by atoms with E-state index in [-0.39, 0.29) is 11.8 Å². The van der Waals surface area contributed by atoms with Crippen LogP contribution in [0.3, 0.4) is 0 Å². The molecule has 6 nitrogen and oxygen atoms in total. The Morgan fingerprint density at radius 3 is 2.30 bits per heavy atom. The Hall–Kier alpha value is -2.73. The molecule has 0 radical (unpaired) electrons. The van der Waals surface area contributed by atoms with Gasteiger partial charge in [-0.1, -0.05) is 6.07 Å². The molecule has 2 aromatic rings. The highest BCUT2D eigenvalue weighted by molar-refractivity contribution is 5.92. The van der Waals surface area contributed by atoms with Gasteiger partial charge in [-0.2, -0.15) is 0 Å². The summed E-state index contributed by atoms with van der Waals surface area (Å²) in [6.07, 6.45) is 2.12. The maximum absolute atomic E-state index is 11.9. The van der Waals surface area contributed by atoms with E-state index in [0.29, 0.717) is 30.9 Å². The molecule has 0 aliphatic heterocycles. The number of aromatic nitrogens is 1. The van der Waals surface area contributed by atoms with Gasteiger partial charge in [-0.05, 0) is 36.4 Å². The molecule has 0 spiro atoms. The van der Waals surface area contributed by atoms with Crippen LogP contribution in [0.2, 0.25) is 0 Å². The quantitative estimate of drug-likeness (QED) is 0.684. The standard InChI is InChI=1S/C17H20N4O2/c1-13(22)20-14-5-7-15(8-6-14)21-17(23)9-11-18-12-16-4-2-3-10-19-16/h2-8,10,18H,9,11-12H2,1H3,(H,20,22)(H,21,23). The van der Waals surface area contributed by atoms with Crippen molar-refractivity contribution in [1.29, 1.82) is 0 Å². The highest BCUT2D eigenvalue weighted by atomic mass is 16.2. The molecule has 0 unspecified atom stereocenters. The number of amides is 2. The smallest absolute Gasteiger partial charge is 0.225 e. The molecule has 1 heterocycles. The van der Waals surface area contributed by atoms with Crippen molar-refractivity contribution < 1.29 is 9.59 Å². The molecule has 2 rings (SSSR count). The van der Waals surface area contributed by atoms with Gasteiger partial charge >= 0.3 is 0 Å². The largest absolute Gasteiger partial charge is 0.326 e. The first-order valence-electron chi connectivity index (χ1n) is 7.41. The van der Waals surface area contributed by atoms with Crippen molar-refractivity contribution in [2.75, 3.05) is 17.2 Å². The van der Waals surface area contributed by atoms with Crippen LogP contribution in [-0.4, -0.2) is 23.3 Å². The number of hydrogen-bond acceptors (Lipinski definition) is 4. The van der Waals surface area contributed by atoms with Crippen LogP contribution in [0.1, 0.15) is 19.0 Å². The van der Waals surface area contributed by atoms with Crippen molar-refractivity contribution >= 4 is 23.2 Å². The maximum atomic E-state index is 11.9. The second-order valence-corrected chi connectivity index (χ2v) is 5.05. The lowest BCUT2D eigenvalue weighted by atomic mass is 10.2. The van der Waals surface area contributed by atoms with Gasteiger partial charge in [0.2, 0.25) is 11.8 Å². The Morgan fingerprint density at radius 2 is 1.70 bits per heavy atom. The molecule has 0 atom stereocenters. The highest BCUT2D eigenvalue weighted by Crippen LogP contribution is 2.13. The second kappa shape index (κ2) is 8.65. The fourth-order valence-corrected chi connectivity index (χ4v) is 1.98. The summed E-state index contributed by atoms with van der Waals surface area (Å²) in [4.78, 5) is 27.0. The summed E-state index contributed by atoms with van der Waals surface area (Å²) in [5.74, 6) is -0.188. The third-order valence-corrected chi connectivity index (χ3v) is 3.05.